The summed E-state index contributed by atoms with van der Waals surface area (Å²) in [6, 6.07) is 27.3. The summed E-state index contributed by atoms with van der Waals surface area (Å²) in [6.45, 7) is 8.00. The normalized spacial score (nSPS) is 12.3. The number of carbonyl (C=O) groups is 2. The predicted molar refractivity (Wildman–Crippen MR) is 155 cm³/mol. The Bertz CT molecular complexity index is 1790. The largest absolute Gasteiger partial charge is 0.268 e. The monoisotopic (exact) mass is 512 g/mol. The number of hydrogen-bond acceptors (Lipinski definition) is 4. The molecule has 0 atom stereocenters. The lowest BCUT2D eigenvalue weighted by Crippen LogP contribution is -2.06. The number of para-hydroxylation sites is 4. The Hall–Kier alpha value is -4.84. The average molecular weight is 513 g/mol. The van der Waals surface area contributed by atoms with Crippen LogP contribution in [-0.4, -0.2) is 30.9 Å². The van der Waals surface area contributed by atoms with E-state index in [0.29, 0.717) is 29.2 Å². The smallest absolute Gasteiger partial charge is 0.264 e. The predicted octanol–water partition coefficient (Wildman–Crippen LogP) is 7.37. The third kappa shape index (κ3) is 3.56. The molecule has 0 fully saturated rings. The first-order valence-corrected chi connectivity index (χ1v) is 13.5. The maximum absolute atomic E-state index is 13.2. The summed E-state index contributed by atoms with van der Waals surface area (Å²) in [5.41, 5.74) is 8.37. The summed E-state index contributed by atoms with van der Waals surface area (Å²) in [6.07, 6.45) is 0.618. The number of carbonyl (C=O) groups excluding carboxylic acids is 2. The summed E-state index contributed by atoms with van der Waals surface area (Å²) in [5, 5.41) is 0. The van der Waals surface area contributed by atoms with Crippen LogP contribution >= 0.6 is 0 Å². The van der Waals surface area contributed by atoms with Crippen LogP contribution in [0.3, 0.4) is 0 Å². The molecule has 6 aromatic rings. The van der Waals surface area contributed by atoms with E-state index in [1.807, 2.05) is 113 Å². The van der Waals surface area contributed by atoms with E-state index >= 15 is 0 Å². The SMILES string of the molecule is CC.CC.O=C1c2cc(Cc3ccc4c(c3)C(=O)n3c-4nc4ccccc43)ccc2-c2nc3ccccc3n21. The van der Waals surface area contributed by atoms with Crippen molar-refractivity contribution in [2.45, 2.75) is 34.1 Å². The van der Waals surface area contributed by atoms with E-state index in [4.69, 9.17) is 0 Å². The molecule has 39 heavy (non-hydrogen) atoms. The van der Waals surface area contributed by atoms with E-state index in [1.165, 1.54) is 0 Å². The Morgan fingerprint density at radius 1 is 0.538 bits per heavy atom. The zero-order chi connectivity index (χ0) is 27.3. The lowest BCUT2D eigenvalue weighted by molar-refractivity contribution is 0.0965. The molecule has 0 amide bonds. The molecule has 0 bridgehead atoms. The van der Waals surface area contributed by atoms with E-state index in [2.05, 4.69) is 9.97 Å². The highest BCUT2D eigenvalue weighted by Crippen LogP contribution is 2.37. The van der Waals surface area contributed by atoms with Gasteiger partial charge in [0.05, 0.1) is 33.2 Å². The van der Waals surface area contributed by atoms with Gasteiger partial charge in [-0.1, -0.05) is 76.2 Å². The molecule has 0 aliphatic carbocycles. The van der Waals surface area contributed by atoms with Crippen LogP contribution in [0.5, 0.6) is 0 Å². The molecule has 0 N–H and O–H groups in total. The summed E-state index contributed by atoms with van der Waals surface area (Å²) >= 11 is 0. The third-order valence-electron chi connectivity index (χ3n) is 7.05. The summed E-state index contributed by atoms with van der Waals surface area (Å²) in [5.74, 6) is 1.30. The molecule has 6 heteroatoms. The minimum absolute atomic E-state index is 0.0491. The highest BCUT2D eigenvalue weighted by Gasteiger charge is 2.31. The fourth-order valence-electron chi connectivity index (χ4n) is 5.45. The zero-order valence-electron chi connectivity index (χ0n) is 22.4. The molecule has 0 spiro atoms. The number of fused-ring (bicyclic) bond motifs is 10. The first kappa shape index (κ1) is 24.5. The Morgan fingerprint density at radius 2 is 0.949 bits per heavy atom. The van der Waals surface area contributed by atoms with Crippen molar-refractivity contribution < 1.29 is 9.59 Å². The maximum atomic E-state index is 13.2. The van der Waals surface area contributed by atoms with Crippen LogP contribution in [0.4, 0.5) is 0 Å². The van der Waals surface area contributed by atoms with Gasteiger partial charge in [0.25, 0.3) is 11.8 Å². The van der Waals surface area contributed by atoms with Crippen molar-refractivity contribution in [3.05, 3.63) is 107 Å². The highest BCUT2D eigenvalue weighted by molar-refractivity contribution is 6.13. The molecule has 4 aromatic carbocycles. The highest BCUT2D eigenvalue weighted by atomic mass is 16.2. The number of imidazole rings is 2. The van der Waals surface area contributed by atoms with Gasteiger partial charge in [-0.25, -0.2) is 9.97 Å². The first-order chi connectivity index (χ1) is 19.2. The second kappa shape index (κ2) is 9.48. The van der Waals surface area contributed by atoms with Gasteiger partial charge in [0.15, 0.2) is 0 Å². The Labute approximate surface area is 226 Å². The molecule has 8 rings (SSSR count). The average Bonchev–Trinajstić information content (AvgIpc) is 3.70. The molecular weight excluding hydrogens is 484 g/mol. The Morgan fingerprint density at radius 3 is 1.38 bits per heavy atom. The van der Waals surface area contributed by atoms with Gasteiger partial charge in [-0.3, -0.25) is 18.7 Å². The molecular formula is C33H28N4O2. The van der Waals surface area contributed by atoms with Gasteiger partial charge in [-0.2, -0.15) is 0 Å². The number of benzene rings is 4. The topological polar surface area (TPSA) is 69.8 Å². The van der Waals surface area contributed by atoms with Gasteiger partial charge in [0, 0.05) is 11.1 Å². The van der Waals surface area contributed by atoms with Gasteiger partial charge >= 0.3 is 0 Å². The van der Waals surface area contributed by atoms with Gasteiger partial charge in [-0.15, -0.1) is 0 Å². The third-order valence-corrected chi connectivity index (χ3v) is 7.05. The molecule has 0 unspecified atom stereocenters. The summed E-state index contributed by atoms with van der Waals surface area (Å²) < 4.78 is 3.40. The van der Waals surface area contributed by atoms with E-state index in [9.17, 15) is 9.59 Å². The fraction of sp³-hybridized carbons (Fsp3) is 0.152. The standard InChI is InChI=1S/C29H16N4O2.2C2H6/c34-28-20-14-16(9-11-18(20)26-30-22-5-1-3-7-24(22)32(26)28)13-17-10-12-19-21(15-17)29(35)33-25-8-4-2-6-23(25)31-27(19)33;2*1-2/h1-12,14-15H,13H2;2*1-2H3. The van der Waals surface area contributed by atoms with Gasteiger partial charge in [-0.05, 0) is 53.9 Å². The minimum Gasteiger partial charge on any atom is -0.268 e. The van der Waals surface area contributed by atoms with Crippen LogP contribution < -0.4 is 0 Å². The van der Waals surface area contributed by atoms with Gasteiger partial charge in [0.1, 0.15) is 11.6 Å². The molecule has 2 aromatic heterocycles. The lowest BCUT2D eigenvalue weighted by atomic mass is 9.97. The second-order valence-corrected chi connectivity index (χ2v) is 9.07. The second-order valence-electron chi connectivity index (χ2n) is 9.07. The molecule has 2 aliphatic heterocycles. The van der Waals surface area contributed by atoms with Crippen LogP contribution in [0, 0.1) is 0 Å². The molecule has 0 radical (unpaired) electrons. The maximum Gasteiger partial charge on any atom is 0.264 e. The lowest BCUT2D eigenvalue weighted by Gasteiger charge is -2.06. The van der Waals surface area contributed by atoms with Gasteiger partial charge < -0.3 is 0 Å². The molecule has 0 saturated heterocycles. The molecule has 2 aliphatic rings. The van der Waals surface area contributed by atoms with Crippen molar-refractivity contribution >= 4 is 33.9 Å². The molecule has 192 valence electrons. The van der Waals surface area contributed by atoms with E-state index in [1.54, 1.807) is 9.13 Å². The van der Waals surface area contributed by atoms with Crippen molar-refractivity contribution in [1.82, 2.24) is 19.1 Å². The Balaban J connectivity index is 0.000000663. The van der Waals surface area contributed by atoms with E-state index < -0.39 is 0 Å². The fourth-order valence-corrected chi connectivity index (χ4v) is 5.45. The van der Waals surface area contributed by atoms with Crippen LogP contribution in [0.2, 0.25) is 0 Å². The van der Waals surface area contributed by atoms with Crippen molar-refractivity contribution in [3.63, 3.8) is 0 Å². The minimum atomic E-state index is -0.0491. The van der Waals surface area contributed by atoms with Gasteiger partial charge in [0.2, 0.25) is 0 Å². The van der Waals surface area contributed by atoms with Crippen molar-refractivity contribution in [2.24, 2.45) is 0 Å². The quantitative estimate of drug-likeness (QED) is 0.242. The zero-order valence-corrected chi connectivity index (χ0v) is 22.4. The van der Waals surface area contributed by atoms with Crippen molar-refractivity contribution in [1.29, 1.82) is 0 Å². The van der Waals surface area contributed by atoms with Crippen LogP contribution in [0.25, 0.3) is 44.8 Å². The summed E-state index contributed by atoms with van der Waals surface area (Å²) in [4.78, 5) is 35.8. The van der Waals surface area contributed by atoms with Crippen LogP contribution in [0.15, 0.2) is 84.9 Å². The van der Waals surface area contributed by atoms with Crippen LogP contribution in [0.1, 0.15) is 59.5 Å². The van der Waals surface area contributed by atoms with Crippen LogP contribution in [-0.2, 0) is 6.42 Å². The first-order valence-electron chi connectivity index (χ1n) is 13.5. The molecule has 4 heterocycles. The van der Waals surface area contributed by atoms with E-state index in [0.717, 1.165) is 44.3 Å². The number of hydrogen-bond donors (Lipinski definition) is 0. The van der Waals surface area contributed by atoms with E-state index in [-0.39, 0.29) is 11.8 Å². The van der Waals surface area contributed by atoms with Crippen molar-refractivity contribution in [3.8, 4) is 22.8 Å². The summed E-state index contributed by atoms with van der Waals surface area (Å²) in [7, 11) is 0. The number of rotatable bonds is 2. The Kier molecular flexibility index (Phi) is 5.95. The van der Waals surface area contributed by atoms with Crippen molar-refractivity contribution in [2.75, 3.05) is 0 Å². The molecule has 6 nitrogen and oxygen atoms in total. The number of nitrogens with zero attached hydrogens (tertiary/aromatic N) is 4. The number of aromatic nitrogens is 4. The molecule has 0 saturated carbocycles.